The summed E-state index contributed by atoms with van der Waals surface area (Å²) < 4.78 is 6.71. The molecule has 0 aliphatic carbocycles. The molecular weight excluding hydrogens is 254 g/mol. The third kappa shape index (κ3) is 3.85. The van der Waals surface area contributed by atoms with E-state index in [0.29, 0.717) is 11.6 Å². The standard InChI is InChI=1S/C12H12ClN3O2/c13-11-3-1-10(2-4-11)9-18-12(17)5-7-16-8-6-14-15-16/h1-4,6,8H,5,7,9H2. The Balaban J connectivity index is 1.73. The van der Waals surface area contributed by atoms with Crippen LogP contribution in [-0.2, 0) is 22.7 Å². The van der Waals surface area contributed by atoms with Crippen molar-refractivity contribution in [2.24, 2.45) is 0 Å². The molecule has 6 heteroatoms. The average molecular weight is 266 g/mol. The number of ether oxygens (including phenoxy) is 1. The number of halogens is 1. The quantitative estimate of drug-likeness (QED) is 0.777. The Bertz CT molecular complexity index is 497. The third-order valence-electron chi connectivity index (χ3n) is 2.33. The van der Waals surface area contributed by atoms with Crippen molar-refractivity contribution in [3.8, 4) is 0 Å². The maximum absolute atomic E-state index is 11.5. The molecule has 0 amide bonds. The lowest BCUT2D eigenvalue weighted by atomic mass is 10.2. The summed E-state index contributed by atoms with van der Waals surface area (Å²) in [6.07, 6.45) is 3.54. The molecule has 1 aromatic carbocycles. The van der Waals surface area contributed by atoms with Gasteiger partial charge < -0.3 is 4.74 Å². The fourth-order valence-electron chi connectivity index (χ4n) is 1.37. The molecule has 2 aromatic rings. The summed E-state index contributed by atoms with van der Waals surface area (Å²) in [5.74, 6) is -0.263. The van der Waals surface area contributed by atoms with Gasteiger partial charge in [0.05, 0.1) is 19.2 Å². The Morgan fingerprint density at radius 3 is 2.78 bits per heavy atom. The first-order valence-electron chi connectivity index (χ1n) is 5.48. The monoisotopic (exact) mass is 265 g/mol. The number of esters is 1. The van der Waals surface area contributed by atoms with E-state index in [1.807, 2.05) is 12.1 Å². The molecule has 0 aliphatic heterocycles. The van der Waals surface area contributed by atoms with Gasteiger partial charge in [0.25, 0.3) is 0 Å². The maximum Gasteiger partial charge on any atom is 0.308 e. The molecule has 0 spiro atoms. The van der Waals surface area contributed by atoms with Gasteiger partial charge in [-0.05, 0) is 17.7 Å². The molecule has 0 aliphatic rings. The third-order valence-corrected chi connectivity index (χ3v) is 2.58. The predicted octanol–water partition coefficient (Wildman–Crippen LogP) is 2.06. The van der Waals surface area contributed by atoms with Gasteiger partial charge in [0.2, 0.25) is 0 Å². The maximum atomic E-state index is 11.5. The van der Waals surface area contributed by atoms with E-state index in [-0.39, 0.29) is 19.0 Å². The summed E-state index contributed by atoms with van der Waals surface area (Å²) in [6, 6.07) is 7.18. The molecule has 18 heavy (non-hydrogen) atoms. The lowest BCUT2D eigenvalue weighted by Gasteiger charge is -2.05. The summed E-state index contributed by atoms with van der Waals surface area (Å²) in [4.78, 5) is 11.5. The van der Waals surface area contributed by atoms with Crippen molar-refractivity contribution in [2.75, 3.05) is 0 Å². The van der Waals surface area contributed by atoms with E-state index in [0.717, 1.165) is 5.56 Å². The number of hydrogen-bond acceptors (Lipinski definition) is 4. The molecule has 0 bridgehead atoms. The second-order valence-corrected chi connectivity index (χ2v) is 4.14. The predicted molar refractivity (Wildman–Crippen MR) is 65.9 cm³/mol. The molecule has 0 unspecified atom stereocenters. The first-order chi connectivity index (χ1) is 8.74. The number of hydrogen-bond donors (Lipinski definition) is 0. The van der Waals surface area contributed by atoms with Crippen LogP contribution in [0.3, 0.4) is 0 Å². The largest absolute Gasteiger partial charge is 0.461 e. The van der Waals surface area contributed by atoms with Crippen LogP contribution in [0.2, 0.25) is 5.02 Å². The van der Waals surface area contributed by atoms with Gasteiger partial charge in [-0.3, -0.25) is 9.48 Å². The zero-order valence-corrected chi connectivity index (χ0v) is 10.4. The van der Waals surface area contributed by atoms with E-state index < -0.39 is 0 Å². The number of benzene rings is 1. The van der Waals surface area contributed by atoms with Crippen molar-refractivity contribution in [3.05, 3.63) is 47.2 Å². The summed E-state index contributed by atoms with van der Waals surface area (Å²) in [7, 11) is 0. The molecule has 0 saturated heterocycles. The fraction of sp³-hybridized carbons (Fsp3) is 0.250. The second kappa shape index (κ2) is 6.16. The highest BCUT2D eigenvalue weighted by Crippen LogP contribution is 2.10. The van der Waals surface area contributed by atoms with Crippen LogP contribution in [0, 0.1) is 0 Å². The van der Waals surface area contributed by atoms with E-state index in [1.165, 1.54) is 0 Å². The Labute approximate surface area is 109 Å². The Hall–Kier alpha value is -1.88. The van der Waals surface area contributed by atoms with Crippen LogP contribution in [0.15, 0.2) is 36.7 Å². The minimum atomic E-state index is -0.263. The van der Waals surface area contributed by atoms with E-state index in [4.69, 9.17) is 16.3 Å². The van der Waals surface area contributed by atoms with Crippen molar-refractivity contribution in [3.63, 3.8) is 0 Å². The summed E-state index contributed by atoms with van der Waals surface area (Å²) in [5.41, 5.74) is 0.911. The van der Waals surface area contributed by atoms with Crippen LogP contribution < -0.4 is 0 Å². The van der Waals surface area contributed by atoms with Gasteiger partial charge in [0.1, 0.15) is 6.61 Å². The zero-order chi connectivity index (χ0) is 12.8. The highest BCUT2D eigenvalue weighted by Gasteiger charge is 2.04. The van der Waals surface area contributed by atoms with Crippen molar-refractivity contribution in [1.82, 2.24) is 15.0 Å². The van der Waals surface area contributed by atoms with Gasteiger partial charge in [-0.1, -0.05) is 28.9 Å². The number of aryl methyl sites for hydroxylation is 1. The number of nitrogens with zero attached hydrogens (tertiary/aromatic N) is 3. The van der Waals surface area contributed by atoms with Gasteiger partial charge in [0.15, 0.2) is 0 Å². The van der Waals surface area contributed by atoms with Crippen molar-refractivity contribution in [1.29, 1.82) is 0 Å². The van der Waals surface area contributed by atoms with Crippen LogP contribution >= 0.6 is 11.6 Å². The second-order valence-electron chi connectivity index (χ2n) is 3.70. The minimum Gasteiger partial charge on any atom is -0.461 e. The smallest absolute Gasteiger partial charge is 0.308 e. The fourth-order valence-corrected chi connectivity index (χ4v) is 1.50. The minimum absolute atomic E-state index is 0.257. The van der Waals surface area contributed by atoms with Gasteiger partial charge in [0, 0.05) is 11.2 Å². The van der Waals surface area contributed by atoms with Gasteiger partial charge >= 0.3 is 5.97 Å². The highest BCUT2D eigenvalue weighted by atomic mass is 35.5. The average Bonchev–Trinajstić information content (AvgIpc) is 2.89. The summed E-state index contributed by atoms with van der Waals surface area (Å²) >= 11 is 5.76. The molecule has 0 saturated carbocycles. The van der Waals surface area contributed by atoms with E-state index in [9.17, 15) is 4.79 Å². The van der Waals surface area contributed by atoms with Gasteiger partial charge in [-0.15, -0.1) is 5.10 Å². The van der Waals surface area contributed by atoms with Crippen LogP contribution in [0.5, 0.6) is 0 Å². The lowest BCUT2D eigenvalue weighted by molar-refractivity contribution is -0.145. The molecule has 1 aromatic heterocycles. The van der Waals surface area contributed by atoms with Crippen molar-refractivity contribution >= 4 is 17.6 Å². The zero-order valence-electron chi connectivity index (χ0n) is 9.62. The molecule has 94 valence electrons. The Kier molecular flexibility index (Phi) is 4.30. The Morgan fingerprint density at radius 2 is 2.11 bits per heavy atom. The summed E-state index contributed by atoms with van der Waals surface area (Å²) in [6.45, 7) is 0.729. The molecule has 0 N–H and O–H groups in total. The number of carbonyl (C=O) groups is 1. The number of carbonyl (C=O) groups excluding carboxylic acids is 1. The summed E-state index contributed by atoms with van der Waals surface area (Å²) in [5, 5.41) is 8.07. The van der Waals surface area contributed by atoms with E-state index in [1.54, 1.807) is 29.2 Å². The topological polar surface area (TPSA) is 57.0 Å². The highest BCUT2D eigenvalue weighted by molar-refractivity contribution is 6.30. The lowest BCUT2D eigenvalue weighted by Crippen LogP contribution is -2.09. The van der Waals surface area contributed by atoms with Crippen LogP contribution in [0.25, 0.3) is 0 Å². The molecule has 0 radical (unpaired) electrons. The first kappa shape index (κ1) is 12.6. The normalized spacial score (nSPS) is 10.3. The molecule has 5 nitrogen and oxygen atoms in total. The number of rotatable bonds is 5. The van der Waals surface area contributed by atoms with Gasteiger partial charge in [-0.2, -0.15) is 0 Å². The molecule has 2 rings (SSSR count). The molecule has 0 atom stereocenters. The van der Waals surface area contributed by atoms with Crippen LogP contribution in [0.4, 0.5) is 0 Å². The van der Waals surface area contributed by atoms with E-state index in [2.05, 4.69) is 10.3 Å². The van der Waals surface area contributed by atoms with Crippen LogP contribution in [-0.4, -0.2) is 21.0 Å². The Morgan fingerprint density at radius 1 is 1.33 bits per heavy atom. The van der Waals surface area contributed by atoms with Gasteiger partial charge in [-0.25, -0.2) is 0 Å². The molecular formula is C12H12ClN3O2. The molecule has 0 fully saturated rings. The van der Waals surface area contributed by atoms with Crippen molar-refractivity contribution in [2.45, 2.75) is 19.6 Å². The first-order valence-corrected chi connectivity index (χ1v) is 5.86. The SMILES string of the molecule is O=C(CCn1ccnn1)OCc1ccc(Cl)cc1. The molecule has 1 heterocycles. The van der Waals surface area contributed by atoms with Crippen LogP contribution in [0.1, 0.15) is 12.0 Å². The van der Waals surface area contributed by atoms with Crippen molar-refractivity contribution < 1.29 is 9.53 Å². The van der Waals surface area contributed by atoms with E-state index >= 15 is 0 Å². The number of aromatic nitrogens is 3.